The van der Waals surface area contributed by atoms with Gasteiger partial charge >= 0.3 is 0 Å². The van der Waals surface area contributed by atoms with Crippen LogP contribution in [0, 0.1) is 25.2 Å². The third-order valence-corrected chi connectivity index (χ3v) is 3.92. The molecule has 0 radical (unpaired) electrons. The molecule has 96 valence electrons. The summed E-state index contributed by atoms with van der Waals surface area (Å²) >= 11 is 0. The molecule has 0 bridgehead atoms. The van der Waals surface area contributed by atoms with Crippen molar-refractivity contribution in [2.45, 2.75) is 52.0 Å². The minimum absolute atomic E-state index is 0.576. The summed E-state index contributed by atoms with van der Waals surface area (Å²) in [4.78, 5) is 6.67. The highest BCUT2D eigenvalue weighted by atomic mass is 15.1. The van der Waals surface area contributed by atoms with Crippen LogP contribution in [-0.2, 0) is 0 Å². The maximum absolute atomic E-state index is 9.32. The maximum Gasteiger partial charge on any atom is 0.103 e. The largest absolute Gasteiger partial charge is 0.370 e. The van der Waals surface area contributed by atoms with E-state index in [1.54, 1.807) is 0 Å². The molecule has 0 amide bonds. The van der Waals surface area contributed by atoms with Crippen molar-refractivity contribution in [3.63, 3.8) is 0 Å². The number of nitrogens with zero attached hydrogens (tertiary/aromatic N) is 3. The van der Waals surface area contributed by atoms with Crippen molar-refractivity contribution in [2.24, 2.45) is 0 Å². The van der Waals surface area contributed by atoms with Gasteiger partial charge in [-0.2, -0.15) is 5.26 Å². The van der Waals surface area contributed by atoms with Crippen LogP contribution in [0.3, 0.4) is 0 Å². The molecule has 0 spiro atoms. The average Bonchev–Trinajstić information content (AvgIpc) is 2.38. The summed E-state index contributed by atoms with van der Waals surface area (Å²) in [5, 5.41) is 9.32. The van der Waals surface area contributed by atoms with Crippen LogP contribution in [0.2, 0.25) is 0 Å². The third kappa shape index (κ3) is 2.48. The van der Waals surface area contributed by atoms with E-state index in [0.29, 0.717) is 6.04 Å². The first kappa shape index (κ1) is 12.9. The van der Waals surface area contributed by atoms with E-state index >= 15 is 0 Å². The molecule has 3 nitrogen and oxygen atoms in total. The van der Waals surface area contributed by atoms with E-state index in [9.17, 15) is 5.26 Å². The van der Waals surface area contributed by atoms with Gasteiger partial charge in [0.15, 0.2) is 0 Å². The summed E-state index contributed by atoms with van der Waals surface area (Å²) in [6, 6.07) is 4.92. The number of hydrogen-bond acceptors (Lipinski definition) is 3. The Morgan fingerprint density at radius 3 is 2.56 bits per heavy atom. The van der Waals surface area contributed by atoms with Crippen molar-refractivity contribution < 1.29 is 0 Å². The second kappa shape index (κ2) is 5.39. The lowest BCUT2D eigenvalue weighted by molar-refractivity contribution is 0.427. The van der Waals surface area contributed by atoms with E-state index in [-0.39, 0.29) is 0 Å². The number of nitriles is 1. The van der Waals surface area contributed by atoms with Gasteiger partial charge in [-0.1, -0.05) is 19.3 Å². The van der Waals surface area contributed by atoms with Crippen molar-refractivity contribution in [3.05, 3.63) is 23.0 Å². The second-order valence-corrected chi connectivity index (χ2v) is 5.26. The van der Waals surface area contributed by atoms with Crippen LogP contribution in [0.5, 0.6) is 0 Å². The van der Waals surface area contributed by atoms with Crippen LogP contribution in [0.1, 0.15) is 49.1 Å². The van der Waals surface area contributed by atoms with Gasteiger partial charge in [-0.3, -0.25) is 4.98 Å². The standard InChI is InChI=1S/C15H21N3/c1-11-9-15(14(10-16)12(2)17-11)18(3)13-7-5-4-6-8-13/h9,13H,4-8H2,1-3H3. The van der Waals surface area contributed by atoms with Gasteiger partial charge in [-0.25, -0.2) is 0 Å². The predicted molar refractivity (Wildman–Crippen MR) is 73.7 cm³/mol. The zero-order valence-electron chi connectivity index (χ0n) is 11.5. The topological polar surface area (TPSA) is 39.9 Å². The number of anilines is 1. The summed E-state index contributed by atoms with van der Waals surface area (Å²) in [7, 11) is 2.12. The Hall–Kier alpha value is -1.56. The molecular weight excluding hydrogens is 222 g/mol. The summed E-state index contributed by atoms with van der Waals surface area (Å²) in [5.74, 6) is 0. The fraction of sp³-hybridized carbons (Fsp3) is 0.600. The number of pyridine rings is 1. The highest BCUT2D eigenvalue weighted by molar-refractivity contribution is 5.61. The number of rotatable bonds is 2. The fourth-order valence-electron chi connectivity index (χ4n) is 2.89. The lowest BCUT2D eigenvalue weighted by Crippen LogP contribution is -2.34. The molecule has 1 aliphatic rings. The molecule has 1 fully saturated rings. The van der Waals surface area contributed by atoms with Crippen LogP contribution in [0.25, 0.3) is 0 Å². The van der Waals surface area contributed by atoms with Gasteiger partial charge in [-0.05, 0) is 32.8 Å². The van der Waals surface area contributed by atoms with Gasteiger partial charge in [-0.15, -0.1) is 0 Å². The number of aryl methyl sites for hydroxylation is 2. The Balaban J connectivity index is 2.34. The Morgan fingerprint density at radius 2 is 1.94 bits per heavy atom. The molecular formula is C15H21N3. The first-order valence-corrected chi connectivity index (χ1v) is 6.74. The van der Waals surface area contributed by atoms with Crippen LogP contribution < -0.4 is 4.90 Å². The Labute approximate surface area is 109 Å². The summed E-state index contributed by atoms with van der Waals surface area (Å²) in [6.07, 6.45) is 6.44. The Kier molecular flexibility index (Phi) is 3.86. The minimum atomic E-state index is 0.576. The van der Waals surface area contributed by atoms with E-state index in [1.165, 1.54) is 32.1 Å². The molecule has 1 aromatic rings. The first-order valence-electron chi connectivity index (χ1n) is 6.74. The van der Waals surface area contributed by atoms with Crippen LogP contribution in [0.4, 0.5) is 5.69 Å². The first-order chi connectivity index (χ1) is 8.63. The molecule has 3 heteroatoms. The molecule has 0 N–H and O–H groups in total. The maximum atomic E-state index is 9.32. The SMILES string of the molecule is Cc1cc(N(C)C2CCCCC2)c(C#N)c(C)n1. The van der Waals surface area contributed by atoms with Gasteiger partial charge in [0.2, 0.25) is 0 Å². The van der Waals surface area contributed by atoms with Crippen molar-refractivity contribution in [1.29, 1.82) is 5.26 Å². The zero-order valence-corrected chi connectivity index (χ0v) is 11.5. The average molecular weight is 243 g/mol. The Bertz CT molecular complexity index is 467. The lowest BCUT2D eigenvalue weighted by atomic mass is 9.93. The molecule has 18 heavy (non-hydrogen) atoms. The van der Waals surface area contributed by atoms with Crippen LogP contribution in [-0.4, -0.2) is 18.1 Å². The fourth-order valence-corrected chi connectivity index (χ4v) is 2.89. The van der Waals surface area contributed by atoms with Gasteiger partial charge in [0.25, 0.3) is 0 Å². The molecule has 0 unspecified atom stereocenters. The second-order valence-electron chi connectivity index (χ2n) is 5.26. The van der Waals surface area contributed by atoms with E-state index in [2.05, 4.69) is 23.0 Å². The molecule has 1 aliphatic carbocycles. The molecule has 1 heterocycles. The van der Waals surface area contributed by atoms with Crippen molar-refractivity contribution in [2.75, 3.05) is 11.9 Å². The van der Waals surface area contributed by atoms with Crippen molar-refractivity contribution in [3.8, 4) is 6.07 Å². The minimum Gasteiger partial charge on any atom is -0.370 e. The van der Waals surface area contributed by atoms with E-state index in [0.717, 1.165) is 22.6 Å². The van der Waals surface area contributed by atoms with Crippen LogP contribution in [0.15, 0.2) is 6.07 Å². The zero-order chi connectivity index (χ0) is 13.1. The van der Waals surface area contributed by atoms with Crippen molar-refractivity contribution >= 4 is 5.69 Å². The molecule has 0 atom stereocenters. The predicted octanol–water partition coefficient (Wildman–Crippen LogP) is 3.34. The lowest BCUT2D eigenvalue weighted by Gasteiger charge is -2.33. The smallest absolute Gasteiger partial charge is 0.103 e. The summed E-state index contributed by atoms with van der Waals surface area (Å²) in [5.41, 5.74) is 3.61. The van der Waals surface area contributed by atoms with Gasteiger partial charge < -0.3 is 4.90 Å². The number of aromatic nitrogens is 1. The van der Waals surface area contributed by atoms with Gasteiger partial charge in [0.05, 0.1) is 16.9 Å². The number of hydrogen-bond donors (Lipinski definition) is 0. The van der Waals surface area contributed by atoms with Crippen molar-refractivity contribution in [1.82, 2.24) is 4.98 Å². The Morgan fingerprint density at radius 1 is 1.28 bits per heavy atom. The monoisotopic (exact) mass is 243 g/mol. The molecule has 1 saturated carbocycles. The summed E-state index contributed by atoms with van der Waals surface area (Å²) < 4.78 is 0. The quantitative estimate of drug-likeness (QED) is 0.799. The molecule has 0 saturated heterocycles. The van der Waals surface area contributed by atoms with Crippen LogP contribution >= 0.6 is 0 Å². The highest BCUT2D eigenvalue weighted by Gasteiger charge is 2.21. The highest BCUT2D eigenvalue weighted by Crippen LogP contribution is 2.29. The van der Waals surface area contributed by atoms with Gasteiger partial charge in [0.1, 0.15) is 6.07 Å². The van der Waals surface area contributed by atoms with E-state index in [1.807, 2.05) is 19.9 Å². The molecule has 0 aromatic carbocycles. The molecule has 0 aliphatic heterocycles. The molecule has 1 aromatic heterocycles. The molecule has 2 rings (SSSR count). The summed E-state index contributed by atoms with van der Waals surface area (Å²) in [6.45, 7) is 3.91. The third-order valence-electron chi connectivity index (χ3n) is 3.92. The normalized spacial score (nSPS) is 16.3. The van der Waals surface area contributed by atoms with Gasteiger partial charge in [0, 0.05) is 18.8 Å². The van der Waals surface area contributed by atoms with E-state index < -0.39 is 0 Å². The van der Waals surface area contributed by atoms with E-state index in [4.69, 9.17) is 0 Å².